The van der Waals surface area contributed by atoms with Crippen LogP contribution in [0, 0.1) is 0 Å². The standard InChI is InChI=1S/C21H20N4O4S/c1-24-13-23-19-20(24)16-11-15(7-8-18(16)29-21(19)26)30(27,28)25-10-3-2-6-17(25)14-5-4-9-22-12-14/h4-5,7-9,11-13,17H,2-3,6,10H2,1H3. The molecule has 0 saturated carbocycles. The highest BCUT2D eigenvalue weighted by Gasteiger charge is 2.34. The van der Waals surface area contributed by atoms with Gasteiger partial charge in [0.1, 0.15) is 5.58 Å². The summed E-state index contributed by atoms with van der Waals surface area (Å²) >= 11 is 0. The van der Waals surface area contributed by atoms with E-state index in [0.29, 0.717) is 23.0 Å². The summed E-state index contributed by atoms with van der Waals surface area (Å²) < 4.78 is 35.9. The topological polar surface area (TPSA) is 98.3 Å². The maximum atomic E-state index is 13.6. The molecule has 0 aliphatic carbocycles. The first-order chi connectivity index (χ1) is 14.5. The SMILES string of the molecule is Cn1cnc2c(=O)oc3ccc(S(=O)(=O)N4CCCCC4c4cccnc4)cc3c21. The van der Waals surface area contributed by atoms with E-state index in [1.54, 1.807) is 40.4 Å². The van der Waals surface area contributed by atoms with Crippen molar-refractivity contribution in [2.45, 2.75) is 30.2 Å². The van der Waals surface area contributed by atoms with E-state index < -0.39 is 15.6 Å². The molecule has 5 rings (SSSR count). The van der Waals surface area contributed by atoms with Crippen molar-refractivity contribution in [3.63, 3.8) is 0 Å². The van der Waals surface area contributed by atoms with Crippen LogP contribution in [0.25, 0.3) is 22.0 Å². The van der Waals surface area contributed by atoms with Gasteiger partial charge in [0, 0.05) is 31.4 Å². The fourth-order valence-corrected chi connectivity index (χ4v) is 5.93. The van der Waals surface area contributed by atoms with Crippen LogP contribution < -0.4 is 5.63 Å². The minimum absolute atomic E-state index is 0.169. The fraction of sp³-hybridized carbons (Fsp3) is 0.286. The van der Waals surface area contributed by atoms with Gasteiger partial charge >= 0.3 is 5.63 Å². The molecule has 0 amide bonds. The Morgan fingerprint density at radius 3 is 2.87 bits per heavy atom. The predicted octanol–water partition coefficient (Wildman–Crippen LogP) is 2.99. The van der Waals surface area contributed by atoms with Crippen LogP contribution in [0.4, 0.5) is 0 Å². The zero-order chi connectivity index (χ0) is 20.9. The molecule has 0 bridgehead atoms. The number of benzene rings is 1. The lowest BCUT2D eigenvalue weighted by atomic mass is 9.99. The highest BCUT2D eigenvalue weighted by molar-refractivity contribution is 7.89. The van der Waals surface area contributed by atoms with E-state index in [9.17, 15) is 13.2 Å². The molecule has 8 nitrogen and oxygen atoms in total. The van der Waals surface area contributed by atoms with Gasteiger partial charge in [0.25, 0.3) is 0 Å². The number of aromatic nitrogens is 3. The number of hydrogen-bond acceptors (Lipinski definition) is 6. The van der Waals surface area contributed by atoms with Crippen LogP contribution in [-0.2, 0) is 17.1 Å². The minimum Gasteiger partial charge on any atom is -0.421 e. The van der Waals surface area contributed by atoms with Crippen molar-refractivity contribution in [1.82, 2.24) is 18.8 Å². The third-order valence-electron chi connectivity index (χ3n) is 5.67. The zero-order valence-electron chi connectivity index (χ0n) is 16.4. The largest absolute Gasteiger partial charge is 0.421 e. The van der Waals surface area contributed by atoms with Crippen LogP contribution in [0.5, 0.6) is 0 Å². The third kappa shape index (κ3) is 2.93. The van der Waals surface area contributed by atoms with E-state index in [2.05, 4.69) is 9.97 Å². The van der Waals surface area contributed by atoms with Gasteiger partial charge in [-0.2, -0.15) is 4.31 Å². The summed E-state index contributed by atoms with van der Waals surface area (Å²) in [6.45, 7) is 0.449. The fourth-order valence-electron chi connectivity index (χ4n) is 4.22. The van der Waals surface area contributed by atoms with Gasteiger partial charge in [-0.3, -0.25) is 4.98 Å². The monoisotopic (exact) mass is 424 g/mol. The zero-order valence-corrected chi connectivity index (χ0v) is 17.2. The van der Waals surface area contributed by atoms with Crippen molar-refractivity contribution in [3.05, 3.63) is 65.0 Å². The van der Waals surface area contributed by atoms with E-state index in [1.165, 1.54) is 12.4 Å². The Labute approximate surface area is 172 Å². The van der Waals surface area contributed by atoms with Gasteiger partial charge in [-0.15, -0.1) is 0 Å². The van der Waals surface area contributed by atoms with E-state index in [4.69, 9.17) is 4.42 Å². The van der Waals surface area contributed by atoms with Crippen molar-refractivity contribution >= 4 is 32.0 Å². The second-order valence-corrected chi connectivity index (χ2v) is 9.40. The summed E-state index contributed by atoms with van der Waals surface area (Å²) in [7, 11) is -2.01. The molecule has 0 radical (unpaired) electrons. The Kier molecular flexibility index (Phi) is 4.44. The molecule has 154 valence electrons. The molecule has 1 saturated heterocycles. The van der Waals surface area contributed by atoms with E-state index >= 15 is 0 Å². The maximum Gasteiger partial charge on any atom is 0.364 e. The lowest BCUT2D eigenvalue weighted by Gasteiger charge is -2.34. The number of hydrogen-bond donors (Lipinski definition) is 0. The summed E-state index contributed by atoms with van der Waals surface area (Å²) in [6.07, 6.45) is 7.45. The van der Waals surface area contributed by atoms with Crippen LogP contribution in [-0.4, -0.2) is 33.8 Å². The summed E-state index contributed by atoms with van der Waals surface area (Å²) in [5.74, 6) is 0. The molecule has 1 aliphatic rings. The summed E-state index contributed by atoms with van der Waals surface area (Å²) in [5, 5.41) is 0.542. The van der Waals surface area contributed by atoms with E-state index in [-0.39, 0.29) is 16.5 Å². The number of rotatable bonds is 3. The van der Waals surface area contributed by atoms with Gasteiger partial charge in [0.2, 0.25) is 10.0 Å². The molecule has 1 fully saturated rings. The quantitative estimate of drug-likeness (QED) is 0.469. The van der Waals surface area contributed by atoms with Crippen LogP contribution in [0.1, 0.15) is 30.9 Å². The molecule has 1 aromatic carbocycles. The first kappa shape index (κ1) is 19.0. The number of pyridine rings is 1. The van der Waals surface area contributed by atoms with Crippen LogP contribution in [0.2, 0.25) is 0 Å². The maximum absolute atomic E-state index is 13.6. The highest BCUT2D eigenvalue weighted by atomic mass is 32.2. The number of fused-ring (bicyclic) bond motifs is 3. The summed E-state index contributed by atoms with van der Waals surface area (Å²) in [4.78, 5) is 20.6. The first-order valence-corrected chi connectivity index (χ1v) is 11.2. The average molecular weight is 424 g/mol. The molecule has 1 aliphatic heterocycles. The third-order valence-corrected chi connectivity index (χ3v) is 7.57. The van der Waals surface area contributed by atoms with Crippen molar-refractivity contribution in [2.75, 3.05) is 6.54 Å². The van der Waals surface area contributed by atoms with Gasteiger partial charge < -0.3 is 8.98 Å². The lowest BCUT2D eigenvalue weighted by Crippen LogP contribution is -2.38. The summed E-state index contributed by atoms with van der Waals surface area (Å²) in [5.41, 5.74) is 1.42. The Hall–Kier alpha value is -3.04. The number of nitrogens with zero attached hydrogens (tertiary/aromatic N) is 4. The highest BCUT2D eigenvalue weighted by Crippen LogP contribution is 2.36. The Morgan fingerprint density at radius 2 is 2.07 bits per heavy atom. The smallest absolute Gasteiger partial charge is 0.364 e. The molecule has 3 aromatic heterocycles. The second kappa shape index (κ2) is 7.03. The van der Waals surface area contributed by atoms with Gasteiger partial charge in [-0.05, 0) is 42.7 Å². The van der Waals surface area contributed by atoms with Gasteiger partial charge in [-0.1, -0.05) is 12.5 Å². The Bertz CT molecular complexity index is 1410. The van der Waals surface area contributed by atoms with Crippen LogP contribution >= 0.6 is 0 Å². The van der Waals surface area contributed by atoms with Crippen molar-refractivity contribution in [3.8, 4) is 0 Å². The van der Waals surface area contributed by atoms with Crippen molar-refractivity contribution in [1.29, 1.82) is 0 Å². The number of piperidine rings is 1. The van der Waals surface area contributed by atoms with Crippen molar-refractivity contribution < 1.29 is 12.8 Å². The predicted molar refractivity (Wildman–Crippen MR) is 111 cm³/mol. The van der Waals surface area contributed by atoms with E-state index in [1.807, 2.05) is 12.1 Å². The molecule has 1 unspecified atom stereocenters. The normalized spacial score (nSPS) is 18.2. The van der Waals surface area contributed by atoms with Crippen LogP contribution in [0.15, 0.2) is 63.2 Å². The van der Waals surface area contributed by atoms with Crippen LogP contribution in [0.3, 0.4) is 0 Å². The second-order valence-electron chi connectivity index (χ2n) is 7.51. The molecule has 4 aromatic rings. The van der Waals surface area contributed by atoms with Crippen molar-refractivity contribution in [2.24, 2.45) is 7.05 Å². The number of imidazole rings is 1. The molecular formula is C21H20N4O4S. The van der Waals surface area contributed by atoms with E-state index in [0.717, 1.165) is 24.8 Å². The van der Waals surface area contributed by atoms with Gasteiger partial charge in [-0.25, -0.2) is 18.2 Å². The number of aryl methyl sites for hydroxylation is 1. The molecule has 0 N–H and O–H groups in total. The molecule has 1 atom stereocenters. The molecule has 0 spiro atoms. The number of sulfonamides is 1. The summed E-state index contributed by atoms with van der Waals surface area (Å²) in [6, 6.07) is 8.10. The Morgan fingerprint density at radius 1 is 1.20 bits per heavy atom. The minimum atomic E-state index is -3.77. The van der Waals surface area contributed by atoms with Gasteiger partial charge in [0.15, 0.2) is 5.52 Å². The Balaban J connectivity index is 1.66. The van der Waals surface area contributed by atoms with Gasteiger partial charge in [0.05, 0.1) is 22.8 Å². The molecular weight excluding hydrogens is 404 g/mol. The first-order valence-electron chi connectivity index (χ1n) is 9.76. The molecule has 4 heterocycles. The molecule has 9 heteroatoms. The lowest BCUT2D eigenvalue weighted by molar-refractivity contribution is 0.255. The molecule has 30 heavy (non-hydrogen) atoms. The average Bonchev–Trinajstić information content (AvgIpc) is 3.17.